The molecule has 0 saturated carbocycles. The van der Waals surface area contributed by atoms with Crippen LogP contribution >= 0.6 is 0 Å². The number of carbonyl (C=O) groups is 1. The summed E-state index contributed by atoms with van der Waals surface area (Å²) in [5, 5.41) is 2.92. The number of aromatic nitrogens is 3. The average Bonchev–Trinajstić information content (AvgIpc) is 3.32. The monoisotopic (exact) mass is 448 g/mol. The maximum absolute atomic E-state index is 12.6. The molecule has 2 aromatic heterocycles. The number of rotatable bonds is 8. The van der Waals surface area contributed by atoms with Crippen LogP contribution in [0, 0.1) is 0 Å². The minimum absolute atomic E-state index is 0.141. The quantitative estimate of drug-likeness (QED) is 0.364. The lowest BCUT2D eigenvalue weighted by Crippen LogP contribution is -2.22. The Bertz CT molecular complexity index is 1380. The fraction of sp³-hybridized carbons (Fsp3) is 0.107. The zero-order valence-electron chi connectivity index (χ0n) is 18.6. The number of nitrogens with one attached hydrogen (secondary N) is 1. The second kappa shape index (κ2) is 10.0. The van der Waals surface area contributed by atoms with Crippen LogP contribution in [0.4, 0.5) is 0 Å². The Morgan fingerprint density at radius 1 is 0.912 bits per heavy atom. The highest BCUT2D eigenvalue weighted by Gasteiger charge is 2.10. The Morgan fingerprint density at radius 3 is 2.53 bits per heavy atom. The summed E-state index contributed by atoms with van der Waals surface area (Å²) in [5.74, 6) is 0.689. The fourth-order valence-corrected chi connectivity index (χ4v) is 3.78. The number of imidazole rings is 1. The number of hydrogen-bond donors (Lipinski definition) is 1. The van der Waals surface area contributed by atoms with Gasteiger partial charge in [0.15, 0.2) is 0 Å². The van der Waals surface area contributed by atoms with Crippen molar-refractivity contribution >= 4 is 16.9 Å². The molecule has 0 spiro atoms. The third-order valence-electron chi connectivity index (χ3n) is 5.60. The van der Waals surface area contributed by atoms with E-state index in [0.29, 0.717) is 18.7 Å². The summed E-state index contributed by atoms with van der Waals surface area (Å²) in [4.78, 5) is 21.1. The van der Waals surface area contributed by atoms with Crippen molar-refractivity contribution in [2.45, 2.75) is 13.0 Å². The van der Waals surface area contributed by atoms with E-state index in [2.05, 4.69) is 27.4 Å². The topological polar surface area (TPSA) is 69.0 Å². The van der Waals surface area contributed by atoms with Gasteiger partial charge in [0, 0.05) is 36.6 Å². The number of carbonyl (C=O) groups excluding carboxylic acids is 1. The lowest BCUT2D eigenvalue weighted by Gasteiger charge is -2.09. The first-order valence-electron chi connectivity index (χ1n) is 11.2. The van der Waals surface area contributed by atoms with Crippen LogP contribution in [0.25, 0.3) is 16.7 Å². The summed E-state index contributed by atoms with van der Waals surface area (Å²) in [6.45, 7) is 1.06. The molecule has 0 aliphatic rings. The smallest absolute Gasteiger partial charge is 0.251 e. The first-order valence-corrected chi connectivity index (χ1v) is 11.2. The van der Waals surface area contributed by atoms with Gasteiger partial charge in [-0.3, -0.25) is 14.3 Å². The van der Waals surface area contributed by atoms with E-state index < -0.39 is 0 Å². The predicted octanol–water partition coefficient (Wildman–Crippen LogP) is 4.97. The first kappa shape index (κ1) is 21.4. The molecule has 1 amide bonds. The van der Waals surface area contributed by atoms with Gasteiger partial charge in [-0.05, 0) is 59.7 Å². The molecular formula is C28H24N4O2. The van der Waals surface area contributed by atoms with E-state index in [-0.39, 0.29) is 5.91 Å². The number of hydrogen-bond acceptors (Lipinski definition) is 4. The molecule has 0 radical (unpaired) electrons. The van der Waals surface area contributed by atoms with Gasteiger partial charge >= 0.3 is 0 Å². The molecule has 6 nitrogen and oxygen atoms in total. The third kappa shape index (κ3) is 4.96. The van der Waals surface area contributed by atoms with Crippen LogP contribution in [0.15, 0.2) is 104 Å². The standard InChI is InChI=1S/C28H24N4O2/c33-28(30-19-22-7-4-15-29-18-22)23-8-13-27-26(17-23)31-20-32(27)24-9-11-25(12-10-24)34-16-14-21-5-2-1-3-6-21/h1-13,15,17-18,20H,14,16,19H2,(H,30,33). The zero-order valence-corrected chi connectivity index (χ0v) is 18.6. The number of nitrogens with zero attached hydrogens (tertiary/aromatic N) is 3. The fourth-order valence-electron chi connectivity index (χ4n) is 3.78. The molecule has 5 aromatic rings. The molecule has 0 aliphatic heterocycles. The summed E-state index contributed by atoms with van der Waals surface area (Å²) < 4.78 is 7.89. The number of pyridine rings is 1. The van der Waals surface area contributed by atoms with Crippen molar-refractivity contribution in [1.82, 2.24) is 19.9 Å². The summed E-state index contributed by atoms with van der Waals surface area (Å²) in [5.41, 5.74) is 5.46. The van der Waals surface area contributed by atoms with Gasteiger partial charge in [-0.15, -0.1) is 0 Å². The van der Waals surface area contributed by atoms with Gasteiger partial charge in [0.1, 0.15) is 12.1 Å². The van der Waals surface area contributed by atoms with Crippen molar-refractivity contribution in [3.63, 3.8) is 0 Å². The van der Waals surface area contributed by atoms with Gasteiger partial charge in [0.05, 0.1) is 17.6 Å². The highest BCUT2D eigenvalue weighted by atomic mass is 16.5. The summed E-state index contributed by atoms with van der Waals surface area (Å²) in [6, 6.07) is 27.6. The van der Waals surface area contributed by atoms with E-state index in [0.717, 1.165) is 34.5 Å². The van der Waals surface area contributed by atoms with Crippen molar-refractivity contribution in [3.05, 3.63) is 120 Å². The van der Waals surface area contributed by atoms with Crippen LogP contribution in [0.5, 0.6) is 5.75 Å². The molecule has 34 heavy (non-hydrogen) atoms. The Balaban J connectivity index is 1.23. The van der Waals surface area contributed by atoms with E-state index in [1.165, 1.54) is 5.56 Å². The van der Waals surface area contributed by atoms with Gasteiger partial charge in [-0.1, -0.05) is 36.4 Å². The molecule has 0 atom stereocenters. The van der Waals surface area contributed by atoms with Gasteiger partial charge in [0.2, 0.25) is 0 Å². The van der Waals surface area contributed by atoms with E-state index in [1.807, 2.05) is 77.4 Å². The van der Waals surface area contributed by atoms with Crippen LogP contribution in [0.3, 0.4) is 0 Å². The molecule has 0 aliphatic carbocycles. The van der Waals surface area contributed by atoms with Gasteiger partial charge in [-0.2, -0.15) is 0 Å². The average molecular weight is 449 g/mol. The van der Waals surface area contributed by atoms with Gasteiger partial charge in [-0.25, -0.2) is 4.98 Å². The van der Waals surface area contributed by atoms with Crippen LogP contribution < -0.4 is 10.1 Å². The third-order valence-corrected chi connectivity index (χ3v) is 5.60. The second-order valence-corrected chi connectivity index (χ2v) is 7.94. The Morgan fingerprint density at radius 2 is 1.74 bits per heavy atom. The predicted molar refractivity (Wildman–Crippen MR) is 132 cm³/mol. The molecule has 6 heteroatoms. The molecule has 0 saturated heterocycles. The van der Waals surface area contributed by atoms with Crippen LogP contribution in [-0.2, 0) is 13.0 Å². The molecule has 168 valence electrons. The summed E-state index contributed by atoms with van der Waals surface area (Å²) in [6.07, 6.45) is 6.09. The van der Waals surface area contributed by atoms with Crippen molar-refractivity contribution in [2.24, 2.45) is 0 Å². The molecule has 0 bridgehead atoms. The van der Waals surface area contributed by atoms with Crippen molar-refractivity contribution in [3.8, 4) is 11.4 Å². The highest BCUT2D eigenvalue weighted by molar-refractivity contribution is 5.97. The molecule has 0 fully saturated rings. The van der Waals surface area contributed by atoms with E-state index in [4.69, 9.17) is 4.74 Å². The maximum atomic E-state index is 12.6. The highest BCUT2D eigenvalue weighted by Crippen LogP contribution is 2.22. The first-order chi connectivity index (χ1) is 16.8. The lowest BCUT2D eigenvalue weighted by molar-refractivity contribution is 0.0951. The minimum Gasteiger partial charge on any atom is -0.493 e. The number of amides is 1. The normalized spacial score (nSPS) is 10.8. The second-order valence-electron chi connectivity index (χ2n) is 7.94. The molecule has 5 rings (SSSR count). The van der Waals surface area contributed by atoms with Crippen molar-refractivity contribution in [1.29, 1.82) is 0 Å². The molecule has 3 aromatic carbocycles. The van der Waals surface area contributed by atoms with E-state index in [1.54, 1.807) is 18.7 Å². The Labute approximate surface area is 197 Å². The molecular weight excluding hydrogens is 424 g/mol. The van der Waals surface area contributed by atoms with Gasteiger partial charge in [0.25, 0.3) is 5.91 Å². The zero-order chi connectivity index (χ0) is 23.2. The number of fused-ring (bicyclic) bond motifs is 1. The number of benzene rings is 3. The van der Waals surface area contributed by atoms with E-state index >= 15 is 0 Å². The molecule has 1 N–H and O–H groups in total. The number of ether oxygens (including phenoxy) is 1. The van der Waals surface area contributed by atoms with Crippen LogP contribution in [-0.4, -0.2) is 27.0 Å². The lowest BCUT2D eigenvalue weighted by atomic mass is 10.1. The molecule has 2 heterocycles. The van der Waals surface area contributed by atoms with Gasteiger partial charge < -0.3 is 10.1 Å². The summed E-state index contributed by atoms with van der Waals surface area (Å²) >= 11 is 0. The Kier molecular flexibility index (Phi) is 6.29. The van der Waals surface area contributed by atoms with E-state index in [9.17, 15) is 4.79 Å². The maximum Gasteiger partial charge on any atom is 0.251 e. The molecule has 0 unspecified atom stereocenters. The van der Waals surface area contributed by atoms with Crippen molar-refractivity contribution in [2.75, 3.05) is 6.61 Å². The summed E-state index contributed by atoms with van der Waals surface area (Å²) in [7, 11) is 0. The Hall–Kier alpha value is -4.45. The van der Waals surface area contributed by atoms with Crippen LogP contribution in [0.2, 0.25) is 0 Å². The van der Waals surface area contributed by atoms with Crippen LogP contribution in [0.1, 0.15) is 21.5 Å². The largest absolute Gasteiger partial charge is 0.493 e. The van der Waals surface area contributed by atoms with Crippen molar-refractivity contribution < 1.29 is 9.53 Å². The SMILES string of the molecule is O=C(NCc1cccnc1)c1ccc2c(c1)ncn2-c1ccc(OCCc2ccccc2)cc1. The minimum atomic E-state index is -0.141.